The summed E-state index contributed by atoms with van der Waals surface area (Å²) in [6.07, 6.45) is 0. The summed E-state index contributed by atoms with van der Waals surface area (Å²) in [4.78, 5) is 11.6. The summed E-state index contributed by atoms with van der Waals surface area (Å²) in [5, 5.41) is 2.03. The van der Waals surface area contributed by atoms with E-state index in [0.717, 1.165) is 0 Å². The number of carbonyl (C=O) groups excluding carboxylic acids is 1. The first-order valence-electron chi connectivity index (χ1n) is 5.88. The van der Waals surface area contributed by atoms with E-state index in [9.17, 15) is 18.0 Å². The molecule has 0 aliphatic carbocycles. The van der Waals surface area contributed by atoms with Crippen LogP contribution >= 0.6 is 0 Å². The van der Waals surface area contributed by atoms with Crippen LogP contribution in [0.4, 0.5) is 24.5 Å². The molecular weight excluding hydrogens is 285 g/mol. The Morgan fingerprint density at radius 3 is 2.67 bits per heavy atom. The van der Waals surface area contributed by atoms with Crippen molar-refractivity contribution < 1.29 is 22.7 Å². The van der Waals surface area contributed by atoms with Crippen molar-refractivity contribution in [2.24, 2.45) is 0 Å². The number of rotatable bonds is 4. The van der Waals surface area contributed by atoms with Crippen molar-refractivity contribution in [2.45, 2.75) is 0 Å². The Balaban J connectivity index is 1.99. The Labute approximate surface area is 118 Å². The van der Waals surface area contributed by atoms with Crippen LogP contribution in [0.5, 0.6) is 5.75 Å². The van der Waals surface area contributed by atoms with Crippen molar-refractivity contribution in [3.05, 3.63) is 53.8 Å². The van der Waals surface area contributed by atoms with Gasteiger partial charge in [-0.3, -0.25) is 4.79 Å². The number of carbonyl (C=O) groups is 1. The van der Waals surface area contributed by atoms with E-state index in [2.05, 4.69) is 0 Å². The molecule has 3 N–H and O–H groups in total. The molecule has 21 heavy (non-hydrogen) atoms. The molecule has 4 nitrogen and oxygen atoms in total. The number of hydrogen-bond acceptors (Lipinski definition) is 3. The highest BCUT2D eigenvalue weighted by molar-refractivity contribution is 5.92. The summed E-state index contributed by atoms with van der Waals surface area (Å²) in [5.41, 5.74) is 5.39. The lowest BCUT2D eigenvalue weighted by Crippen LogP contribution is -2.21. The van der Waals surface area contributed by atoms with Gasteiger partial charge in [-0.25, -0.2) is 13.2 Å². The summed E-state index contributed by atoms with van der Waals surface area (Å²) >= 11 is 0. The monoisotopic (exact) mass is 296 g/mol. The molecule has 0 aromatic heterocycles. The average Bonchev–Trinajstić information content (AvgIpc) is 2.42. The van der Waals surface area contributed by atoms with Gasteiger partial charge in [-0.05, 0) is 12.1 Å². The number of amides is 1. The third-order valence-corrected chi connectivity index (χ3v) is 2.50. The number of halogens is 3. The molecule has 110 valence electrons. The van der Waals surface area contributed by atoms with Gasteiger partial charge in [0.2, 0.25) is 0 Å². The van der Waals surface area contributed by atoms with Crippen LogP contribution in [0, 0.1) is 17.5 Å². The van der Waals surface area contributed by atoms with E-state index in [0.29, 0.717) is 23.6 Å². The van der Waals surface area contributed by atoms with Gasteiger partial charge in [0.1, 0.15) is 11.6 Å². The van der Waals surface area contributed by atoms with E-state index < -0.39 is 35.7 Å². The highest BCUT2D eigenvalue weighted by atomic mass is 19.2. The van der Waals surface area contributed by atoms with Gasteiger partial charge in [-0.1, -0.05) is 6.07 Å². The largest absolute Gasteiger partial charge is 0.484 e. The van der Waals surface area contributed by atoms with E-state index in [1.807, 2.05) is 5.32 Å². The van der Waals surface area contributed by atoms with Crippen LogP contribution in [0.25, 0.3) is 0 Å². The topological polar surface area (TPSA) is 64.3 Å². The highest BCUT2D eigenvalue weighted by Gasteiger charge is 2.13. The number of anilines is 2. The zero-order valence-electron chi connectivity index (χ0n) is 10.7. The van der Waals surface area contributed by atoms with Crippen molar-refractivity contribution >= 4 is 17.3 Å². The molecule has 0 unspecified atom stereocenters. The number of hydrogen-bond donors (Lipinski definition) is 2. The van der Waals surface area contributed by atoms with Gasteiger partial charge in [0.05, 0.1) is 5.69 Å². The first-order valence-corrected chi connectivity index (χ1v) is 5.88. The molecule has 0 bridgehead atoms. The summed E-state index contributed by atoms with van der Waals surface area (Å²) in [6.45, 7) is -0.457. The lowest BCUT2D eigenvalue weighted by Gasteiger charge is -2.09. The lowest BCUT2D eigenvalue weighted by atomic mass is 10.3. The summed E-state index contributed by atoms with van der Waals surface area (Å²) in [7, 11) is 0. The summed E-state index contributed by atoms with van der Waals surface area (Å²) in [6, 6.07) is 7.40. The van der Waals surface area contributed by atoms with Crippen molar-refractivity contribution in [3.8, 4) is 5.75 Å². The lowest BCUT2D eigenvalue weighted by molar-refractivity contribution is -0.118. The van der Waals surface area contributed by atoms with Crippen molar-refractivity contribution in [2.75, 3.05) is 17.7 Å². The molecule has 2 rings (SSSR count). The third kappa shape index (κ3) is 3.88. The standard InChI is InChI=1S/C14H11F3N2O2/c15-8-4-11(16)14(17)12(5-8)19-13(20)7-21-10-3-1-2-9(18)6-10/h1-6H,7,18H2,(H,19,20). The molecular formula is C14H11F3N2O2. The van der Waals surface area contributed by atoms with Crippen LogP contribution in [-0.4, -0.2) is 12.5 Å². The molecule has 0 radical (unpaired) electrons. The van der Waals surface area contributed by atoms with Crippen LogP contribution in [-0.2, 0) is 4.79 Å². The Morgan fingerprint density at radius 1 is 1.19 bits per heavy atom. The van der Waals surface area contributed by atoms with Crippen LogP contribution in [0.2, 0.25) is 0 Å². The molecule has 0 fully saturated rings. The van der Waals surface area contributed by atoms with Crippen molar-refractivity contribution in [1.82, 2.24) is 0 Å². The van der Waals surface area contributed by atoms with Crippen LogP contribution in [0.1, 0.15) is 0 Å². The Bertz CT molecular complexity index is 677. The maximum atomic E-state index is 13.3. The molecule has 1 amide bonds. The minimum atomic E-state index is -1.39. The molecule has 0 atom stereocenters. The minimum absolute atomic E-state index is 0.344. The number of ether oxygens (including phenoxy) is 1. The summed E-state index contributed by atoms with van der Waals surface area (Å²) < 4.78 is 44.4. The molecule has 0 saturated carbocycles. The van der Waals surface area contributed by atoms with Crippen LogP contribution < -0.4 is 15.8 Å². The first kappa shape index (κ1) is 14.7. The molecule has 0 aliphatic rings. The molecule has 2 aromatic rings. The molecule has 7 heteroatoms. The maximum Gasteiger partial charge on any atom is 0.262 e. The molecule has 2 aromatic carbocycles. The minimum Gasteiger partial charge on any atom is -0.484 e. The van der Waals surface area contributed by atoms with Gasteiger partial charge in [0.25, 0.3) is 5.91 Å². The fraction of sp³-hybridized carbons (Fsp3) is 0.0714. The van der Waals surface area contributed by atoms with E-state index in [1.54, 1.807) is 18.2 Å². The van der Waals surface area contributed by atoms with Gasteiger partial charge in [-0.15, -0.1) is 0 Å². The quantitative estimate of drug-likeness (QED) is 0.673. The second-order valence-electron chi connectivity index (χ2n) is 4.16. The van der Waals surface area contributed by atoms with E-state index in [4.69, 9.17) is 10.5 Å². The maximum absolute atomic E-state index is 13.3. The number of nitrogens with one attached hydrogen (secondary N) is 1. The van der Waals surface area contributed by atoms with Crippen molar-refractivity contribution in [1.29, 1.82) is 0 Å². The first-order chi connectivity index (χ1) is 9.95. The van der Waals surface area contributed by atoms with Gasteiger partial charge in [0, 0.05) is 23.9 Å². The van der Waals surface area contributed by atoms with Gasteiger partial charge in [0.15, 0.2) is 18.2 Å². The molecule has 0 aliphatic heterocycles. The average molecular weight is 296 g/mol. The zero-order chi connectivity index (χ0) is 15.4. The molecule has 0 saturated heterocycles. The van der Waals surface area contributed by atoms with Crippen LogP contribution in [0.3, 0.4) is 0 Å². The normalized spacial score (nSPS) is 10.2. The highest BCUT2D eigenvalue weighted by Crippen LogP contribution is 2.19. The smallest absolute Gasteiger partial charge is 0.262 e. The van der Waals surface area contributed by atoms with Gasteiger partial charge >= 0.3 is 0 Å². The predicted molar refractivity (Wildman–Crippen MR) is 71.3 cm³/mol. The second kappa shape index (κ2) is 6.17. The number of nitrogens with two attached hydrogens (primary N) is 1. The second-order valence-corrected chi connectivity index (χ2v) is 4.16. The molecule has 0 heterocycles. The Morgan fingerprint density at radius 2 is 1.95 bits per heavy atom. The Hall–Kier alpha value is -2.70. The number of benzene rings is 2. The number of nitrogen functional groups attached to an aromatic ring is 1. The SMILES string of the molecule is Nc1cccc(OCC(=O)Nc2cc(F)cc(F)c2F)c1. The predicted octanol–water partition coefficient (Wildman–Crippen LogP) is 2.70. The van der Waals surface area contributed by atoms with E-state index in [-0.39, 0.29) is 0 Å². The summed E-state index contributed by atoms with van der Waals surface area (Å²) in [5.74, 6) is -4.14. The zero-order valence-corrected chi connectivity index (χ0v) is 10.7. The van der Waals surface area contributed by atoms with E-state index in [1.165, 1.54) is 6.07 Å². The third-order valence-electron chi connectivity index (χ3n) is 2.50. The van der Waals surface area contributed by atoms with Crippen LogP contribution in [0.15, 0.2) is 36.4 Å². The van der Waals surface area contributed by atoms with E-state index >= 15 is 0 Å². The Kier molecular flexibility index (Phi) is 4.32. The van der Waals surface area contributed by atoms with Crippen molar-refractivity contribution in [3.63, 3.8) is 0 Å². The molecule has 0 spiro atoms. The fourth-order valence-electron chi connectivity index (χ4n) is 1.59. The van der Waals surface area contributed by atoms with Gasteiger partial charge < -0.3 is 15.8 Å². The fourth-order valence-corrected chi connectivity index (χ4v) is 1.59. The van der Waals surface area contributed by atoms with Gasteiger partial charge in [-0.2, -0.15) is 0 Å².